The fraction of sp³-hybridized carbons (Fsp3) is 0.231. The van der Waals surface area contributed by atoms with Gasteiger partial charge in [0, 0.05) is 28.8 Å². The van der Waals surface area contributed by atoms with Gasteiger partial charge in [0.05, 0.1) is 5.69 Å². The van der Waals surface area contributed by atoms with Gasteiger partial charge in [-0.1, -0.05) is 22.0 Å². The number of hydrogen-bond acceptors (Lipinski definition) is 3. The molecule has 1 atom stereocenters. The second-order valence-corrected chi connectivity index (χ2v) is 4.90. The number of nitrogens with zero attached hydrogens (tertiary/aromatic N) is 2. The number of rotatable bonds is 4. The van der Waals surface area contributed by atoms with Crippen LogP contribution in [0.25, 0.3) is 0 Å². The van der Waals surface area contributed by atoms with E-state index in [4.69, 9.17) is 0 Å². The molecule has 5 heteroatoms. The zero-order chi connectivity index (χ0) is 13.0. The first-order valence-corrected chi connectivity index (χ1v) is 6.41. The average Bonchev–Trinajstić information content (AvgIpc) is 2.37. The van der Waals surface area contributed by atoms with Gasteiger partial charge in [-0.15, -0.1) is 0 Å². The van der Waals surface area contributed by atoms with Crippen molar-refractivity contribution in [1.29, 1.82) is 0 Å². The normalized spacial score (nSPS) is 12.4. The molecule has 0 fully saturated rings. The molecule has 0 aliphatic heterocycles. The fourth-order valence-electron chi connectivity index (χ4n) is 1.65. The third kappa shape index (κ3) is 3.34. The summed E-state index contributed by atoms with van der Waals surface area (Å²) in [6, 6.07) is 8.70. The average molecular weight is 310 g/mol. The van der Waals surface area contributed by atoms with Gasteiger partial charge in [0.2, 0.25) is 0 Å². The van der Waals surface area contributed by atoms with E-state index in [2.05, 4.69) is 31.4 Å². The molecular formula is C13H13BrFN3. The minimum atomic E-state index is -0.219. The van der Waals surface area contributed by atoms with Crippen molar-refractivity contribution in [1.82, 2.24) is 15.5 Å². The van der Waals surface area contributed by atoms with Crippen molar-refractivity contribution in [3.05, 3.63) is 58.1 Å². The predicted octanol–water partition coefficient (Wildman–Crippen LogP) is 3.23. The van der Waals surface area contributed by atoms with Crippen LogP contribution in [0.3, 0.4) is 0 Å². The molecule has 0 bridgehead atoms. The molecule has 0 aliphatic carbocycles. The highest BCUT2D eigenvalue weighted by Gasteiger charge is 2.10. The van der Waals surface area contributed by atoms with Crippen LogP contribution in [-0.4, -0.2) is 10.2 Å². The molecule has 94 valence electrons. The van der Waals surface area contributed by atoms with Gasteiger partial charge in [-0.25, -0.2) is 4.39 Å². The Kier molecular flexibility index (Phi) is 4.38. The molecule has 1 unspecified atom stereocenters. The number of halogens is 2. The predicted molar refractivity (Wildman–Crippen MR) is 71.4 cm³/mol. The van der Waals surface area contributed by atoms with Gasteiger partial charge < -0.3 is 5.32 Å². The SMILES string of the molecule is CC(NCc1cccnn1)c1ccc(Br)cc1F. The van der Waals surface area contributed by atoms with Gasteiger partial charge in [0.25, 0.3) is 0 Å². The third-order valence-corrected chi connectivity index (χ3v) is 3.14. The maximum atomic E-state index is 13.7. The van der Waals surface area contributed by atoms with Crippen molar-refractivity contribution in [2.24, 2.45) is 0 Å². The Hall–Kier alpha value is -1.33. The molecule has 18 heavy (non-hydrogen) atoms. The summed E-state index contributed by atoms with van der Waals surface area (Å²) in [5.74, 6) is -0.219. The number of hydrogen-bond donors (Lipinski definition) is 1. The van der Waals surface area contributed by atoms with Crippen LogP contribution >= 0.6 is 15.9 Å². The second-order valence-electron chi connectivity index (χ2n) is 3.98. The zero-order valence-corrected chi connectivity index (χ0v) is 11.5. The Morgan fingerprint density at radius 2 is 2.22 bits per heavy atom. The largest absolute Gasteiger partial charge is 0.304 e. The van der Waals surface area contributed by atoms with Crippen molar-refractivity contribution >= 4 is 15.9 Å². The maximum Gasteiger partial charge on any atom is 0.129 e. The van der Waals surface area contributed by atoms with Crippen LogP contribution in [0.15, 0.2) is 41.0 Å². The highest BCUT2D eigenvalue weighted by Crippen LogP contribution is 2.20. The van der Waals surface area contributed by atoms with Crippen LogP contribution in [0.1, 0.15) is 24.2 Å². The first-order valence-electron chi connectivity index (χ1n) is 5.61. The van der Waals surface area contributed by atoms with E-state index in [1.807, 2.05) is 25.1 Å². The van der Waals surface area contributed by atoms with E-state index in [1.54, 1.807) is 12.3 Å². The molecule has 1 heterocycles. The van der Waals surface area contributed by atoms with Crippen molar-refractivity contribution in [2.75, 3.05) is 0 Å². The van der Waals surface area contributed by atoms with Gasteiger partial charge >= 0.3 is 0 Å². The molecule has 0 saturated carbocycles. The summed E-state index contributed by atoms with van der Waals surface area (Å²) >= 11 is 3.24. The Balaban J connectivity index is 2.01. The molecule has 1 N–H and O–H groups in total. The molecule has 0 saturated heterocycles. The molecule has 3 nitrogen and oxygen atoms in total. The summed E-state index contributed by atoms with van der Waals surface area (Å²) in [5, 5.41) is 11.0. The lowest BCUT2D eigenvalue weighted by Crippen LogP contribution is -2.19. The first-order chi connectivity index (χ1) is 8.66. The summed E-state index contributed by atoms with van der Waals surface area (Å²) < 4.78 is 14.5. The van der Waals surface area contributed by atoms with Gasteiger partial charge in [-0.2, -0.15) is 10.2 Å². The lowest BCUT2D eigenvalue weighted by molar-refractivity contribution is 0.522. The van der Waals surface area contributed by atoms with E-state index in [9.17, 15) is 4.39 Å². The highest BCUT2D eigenvalue weighted by molar-refractivity contribution is 9.10. The Labute approximate surface area is 114 Å². The molecule has 0 spiro atoms. The van der Waals surface area contributed by atoms with Crippen molar-refractivity contribution in [2.45, 2.75) is 19.5 Å². The van der Waals surface area contributed by atoms with E-state index in [0.29, 0.717) is 12.1 Å². The molecule has 0 amide bonds. The van der Waals surface area contributed by atoms with Crippen LogP contribution in [0.4, 0.5) is 4.39 Å². The van der Waals surface area contributed by atoms with E-state index >= 15 is 0 Å². The molecule has 1 aromatic heterocycles. The third-order valence-electron chi connectivity index (χ3n) is 2.65. The van der Waals surface area contributed by atoms with Gasteiger partial charge in [-0.05, 0) is 31.2 Å². The van der Waals surface area contributed by atoms with Crippen LogP contribution in [0, 0.1) is 5.82 Å². The summed E-state index contributed by atoms with van der Waals surface area (Å²) in [6.07, 6.45) is 1.63. The summed E-state index contributed by atoms with van der Waals surface area (Å²) in [6.45, 7) is 2.48. The number of nitrogens with one attached hydrogen (secondary N) is 1. The monoisotopic (exact) mass is 309 g/mol. The minimum absolute atomic E-state index is 0.0832. The maximum absolute atomic E-state index is 13.7. The standard InChI is InChI=1S/C13H13BrFN3/c1-9(12-5-4-10(14)7-13(12)15)16-8-11-3-2-6-17-18-11/h2-7,9,16H,8H2,1H3. The lowest BCUT2D eigenvalue weighted by Gasteiger charge is -2.14. The van der Waals surface area contributed by atoms with E-state index in [-0.39, 0.29) is 11.9 Å². The molecule has 0 aliphatic rings. The van der Waals surface area contributed by atoms with Crippen LogP contribution in [0.5, 0.6) is 0 Å². The number of aromatic nitrogens is 2. The van der Waals surface area contributed by atoms with Gasteiger partial charge in [0.1, 0.15) is 5.82 Å². The molecular weight excluding hydrogens is 297 g/mol. The van der Waals surface area contributed by atoms with E-state index in [0.717, 1.165) is 10.2 Å². The molecule has 0 radical (unpaired) electrons. The quantitative estimate of drug-likeness (QED) is 0.942. The highest BCUT2D eigenvalue weighted by atomic mass is 79.9. The smallest absolute Gasteiger partial charge is 0.129 e. The second kappa shape index (κ2) is 6.02. The van der Waals surface area contributed by atoms with Crippen LogP contribution in [0.2, 0.25) is 0 Å². The van der Waals surface area contributed by atoms with Crippen molar-refractivity contribution in [3.8, 4) is 0 Å². The van der Waals surface area contributed by atoms with E-state index in [1.165, 1.54) is 6.07 Å². The molecule has 2 aromatic rings. The van der Waals surface area contributed by atoms with Crippen LogP contribution in [-0.2, 0) is 6.54 Å². The van der Waals surface area contributed by atoms with Crippen molar-refractivity contribution in [3.63, 3.8) is 0 Å². The summed E-state index contributed by atoms with van der Waals surface area (Å²) in [4.78, 5) is 0. The Morgan fingerprint density at radius 3 is 2.89 bits per heavy atom. The first kappa shape index (κ1) is 13.1. The zero-order valence-electron chi connectivity index (χ0n) is 9.90. The Morgan fingerprint density at radius 1 is 1.39 bits per heavy atom. The summed E-state index contributed by atoms with van der Waals surface area (Å²) in [7, 11) is 0. The summed E-state index contributed by atoms with van der Waals surface area (Å²) in [5.41, 5.74) is 1.48. The topological polar surface area (TPSA) is 37.8 Å². The van der Waals surface area contributed by atoms with Crippen molar-refractivity contribution < 1.29 is 4.39 Å². The van der Waals surface area contributed by atoms with E-state index < -0.39 is 0 Å². The fourth-order valence-corrected chi connectivity index (χ4v) is 1.98. The van der Waals surface area contributed by atoms with Crippen LogP contribution < -0.4 is 5.32 Å². The Bertz CT molecular complexity index is 519. The number of benzene rings is 1. The minimum Gasteiger partial charge on any atom is -0.304 e. The lowest BCUT2D eigenvalue weighted by atomic mass is 10.1. The van der Waals surface area contributed by atoms with Gasteiger partial charge in [-0.3, -0.25) is 0 Å². The van der Waals surface area contributed by atoms with Gasteiger partial charge in [0.15, 0.2) is 0 Å². The molecule has 1 aromatic carbocycles. The molecule has 2 rings (SSSR count).